The Morgan fingerprint density at radius 3 is 2.00 bits per heavy atom. The van der Waals surface area contributed by atoms with Gasteiger partial charge in [0.05, 0.1) is 6.54 Å². The molecule has 4 aliphatic rings. The average molecular weight is 462 g/mol. The molecule has 0 bridgehead atoms. The van der Waals surface area contributed by atoms with Crippen LogP contribution in [0.2, 0.25) is 0 Å². The first-order valence-electron chi connectivity index (χ1n) is 12.5. The van der Waals surface area contributed by atoms with Gasteiger partial charge in [0.2, 0.25) is 11.8 Å². The summed E-state index contributed by atoms with van der Waals surface area (Å²) in [6, 6.07) is -0.447. The summed E-state index contributed by atoms with van der Waals surface area (Å²) in [5.74, 6) is 0.239. The van der Waals surface area contributed by atoms with Gasteiger partial charge in [-0.2, -0.15) is 0 Å². The Hall–Kier alpha value is -2.16. The lowest BCUT2D eigenvalue weighted by Gasteiger charge is -2.40. The smallest absolute Gasteiger partial charge is 0.325 e. The van der Waals surface area contributed by atoms with Crippen LogP contribution in [0.15, 0.2) is 0 Å². The first-order chi connectivity index (χ1) is 15.6. The molecule has 0 radical (unpaired) electrons. The van der Waals surface area contributed by atoms with Gasteiger partial charge in [-0.15, -0.1) is 0 Å². The Balaban J connectivity index is 1.26. The van der Waals surface area contributed by atoms with E-state index < -0.39 is 11.6 Å². The maximum atomic E-state index is 13.2. The molecule has 4 fully saturated rings. The van der Waals surface area contributed by atoms with Crippen molar-refractivity contribution < 1.29 is 19.2 Å². The highest BCUT2D eigenvalue weighted by molar-refractivity contribution is 6.09. The third-order valence-corrected chi connectivity index (χ3v) is 8.15. The summed E-state index contributed by atoms with van der Waals surface area (Å²) in [4.78, 5) is 57.9. The number of carbonyl (C=O) groups excluding carboxylic acids is 4. The number of nitrogens with one attached hydrogen (secondary N) is 1. The van der Waals surface area contributed by atoms with Crippen molar-refractivity contribution in [1.29, 1.82) is 0 Å². The standard InChI is InChI=1S/C24H39N5O4/c1-23(2,3)18-6-8-24(9-7-18)21(32)29(22(33)25-24)17-20(31)28-14-12-26(13-15-28)16-19(30)27-10-4-5-11-27/h18H,4-17H2,1-3H3,(H,25,33). The summed E-state index contributed by atoms with van der Waals surface area (Å²) in [5, 5.41) is 2.92. The highest BCUT2D eigenvalue weighted by atomic mass is 16.2. The molecule has 0 aromatic heterocycles. The van der Waals surface area contributed by atoms with E-state index in [9.17, 15) is 19.2 Å². The summed E-state index contributed by atoms with van der Waals surface area (Å²) in [6.45, 7) is 10.8. The Morgan fingerprint density at radius 2 is 1.42 bits per heavy atom. The van der Waals surface area contributed by atoms with E-state index in [2.05, 4.69) is 31.0 Å². The number of imide groups is 1. The van der Waals surface area contributed by atoms with Crippen LogP contribution >= 0.6 is 0 Å². The third kappa shape index (κ3) is 5.03. The van der Waals surface area contributed by atoms with Crippen LogP contribution in [0.4, 0.5) is 4.79 Å². The number of carbonyl (C=O) groups is 4. The van der Waals surface area contributed by atoms with Crippen LogP contribution in [0.1, 0.15) is 59.3 Å². The largest absolute Gasteiger partial charge is 0.342 e. The summed E-state index contributed by atoms with van der Waals surface area (Å²) in [7, 11) is 0. The summed E-state index contributed by atoms with van der Waals surface area (Å²) in [5.41, 5.74) is -0.655. The lowest BCUT2D eigenvalue weighted by Crippen LogP contribution is -2.54. The second-order valence-electron chi connectivity index (χ2n) is 11.3. The highest BCUT2D eigenvalue weighted by Crippen LogP contribution is 2.43. The number of likely N-dealkylation sites (tertiary alicyclic amines) is 1. The fraction of sp³-hybridized carbons (Fsp3) is 0.833. The van der Waals surface area contributed by atoms with E-state index in [1.54, 1.807) is 4.90 Å². The minimum atomic E-state index is -0.840. The van der Waals surface area contributed by atoms with Gasteiger partial charge in [-0.05, 0) is 49.9 Å². The minimum absolute atomic E-state index is 0.165. The summed E-state index contributed by atoms with van der Waals surface area (Å²) >= 11 is 0. The van der Waals surface area contributed by atoms with Crippen molar-refractivity contribution in [3.8, 4) is 0 Å². The van der Waals surface area contributed by atoms with Gasteiger partial charge in [-0.1, -0.05) is 20.8 Å². The minimum Gasteiger partial charge on any atom is -0.342 e. The van der Waals surface area contributed by atoms with Crippen LogP contribution in [-0.2, 0) is 14.4 Å². The molecule has 0 aromatic carbocycles. The Morgan fingerprint density at radius 1 is 0.879 bits per heavy atom. The van der Waals surface area contributed by atoms with E-state index in [1.165, 1.54) is 0 Å². The van der Waals surface area contributed by atoms with Gasteiger partial charge in [0.15, 0.2) is 0 Å². The molecule has 3 saturated heterocycles. The van der Waals surface area contributed by atoms with Gasteiger partial charge in [-0.25, -0.2) is 4.79 Å². The van der Waals surface area contributed by atoms with Gasteiger partial charge in [-0.3, -0.25) is 24.2 Å². The monoisotopic (exact) mass is 461 g/mol. The maximum absolute atomic E-state index is 13.2. The van der Waals surface area contributed by atoms with E-state index in [1.807, 2.05) is 4.90 Å². The maximum Gasteiger partial charge on any atom is 0.325 e. The zero-order chi connectivity index (χ0) is 23.8. The SMILES string of the molecule is CC(C)(C)C1CCC2(CC1)NC(=O)N(CC(=O)N1CCN(CC(=O)N3CCCC3)CC1)C2=O. The Bertz CT molecular complexity index is 785. The number of amides is 5. The fourth-order valence-corrected chi connectivity index (χ4v) is 5.78. The molecular weight excluding hydrogens is 422 g/mol. The van der Waals surface area contributed by atoms with Gasteiger partial charge in [0, 0.05) is 39.3 Å². The van der Waals surface area contributed by atoms with Crippen LogP contribution in [0, 0.1) is 11.3 Å². The molecule has 1 N–H and O–H groups in total. The molecule has 1 saturated carbocycles. The van der Waals surface area contributed by atoms with E-state index in [4.69, 9.17) is 0 Å². The number of nitrogens with zero attached hydrogens (tertiary/aromatic N) is 4. The highest BCUT2D eigenvalue weighted by Gasteiger charge is 2.53. The molecule has 4 rings (SSSR count). The van der Waals surface area contributed by atoms with Crippen molar-refractivity contribution in [3.05, 3.63) is 0 Å². The zero-order valence-electron chi connectivity index (χ0n) is 20.4. The molecule has 5 amide bonds. The molecule has 0 atom stereocenters. The van der Waals surface area contributed by atoms with Gasteiger partial charge < -0.3 is 15.1 Å². The molecular formula is C24H39N5O4. The van der Waals surface area contributed by atoms with Crippen molar-refractivity contribution in [2.75, 3.05) is 52.4 Å². The molecule has 9 nitrogen and oxygen atoms in total. The normalized spacial score (nSPS) is 29.2. The lowest BCUT2D eigenvalue weighted by atomic mass is 9.67. The molecule has 33 heavy (non-hydrogen) atoms. The van der Waals surface area contributed by atoms with Crippen molar-refractivity contribution >= 4 is 23.8 Å². The number of hydrogen-bond donors (Lipinski definition) is 1. The van der Waals surface area contributed by atoms with Crippen molar-refractivity contribution in [2.24, 2.45) is 11.3 Å². The molecule has 184 valence electrons. The van der Waals surface area contributed by atoms with Gasteiger partial charge in [0.1, 0.15) is 12.1 Å². The number of piperazine rings is 1. The first-order valence-corrected chi connectivity index (χ1v) is 12.5. The second kappa shape index (κ2) is 9.24. The zero-order valence-corrected chi connectivity index (χ0v) is 20.4. The number of rotatable bonds is 4. The van der Waals surface area contributed by atoms with E-state index in [-0.39, 0.29) is 29.7 Å². The molecule has 0 unspecified atom stereocenters. The number of hydrogen-bond acceptors (Lipinski definition) is 5. The quantitative estimate of drug-likeness (QED) is 0.637. The number of urea groups is 1. The topological polar surface area (TPSA) is 93.3 Å². The Kier molecular flexibility index (Phi) is 6.71. The second-order valence-corrected chi connectivity index (χ2v) is 11.3. The van der Waals surface area contributed by atoms with E-state index in [0.717, 1.165) is 43.7 Å². The van der Waals surface area contributed by atoms with E-state index >= 15 is 0 Å². The predicted octanol–water partition coefficient (Wildman–Crippen LogP) is 1.28. The van der Waals surface area contributed by atoms with Crippen LogP contribution in [0.25, 0.3) is 0 Å². The Labute approximate surface area is 196 Å². The van der Waals surface area contributed by atoms with Gasteiger partial charge >= 0.3 is 6.03 Å². The molecule has 9 heteroatoms. The summed E-state index contributed by atoms with van der Waals surface area (Å²) in [6.07, 6.45) is 5.22. The average Bonchev–Trinajstić information content (AvgIpc) is 3.38. The van der Waals surface area contributed by atoms with Crippen LogP contribution in [-0.4, -0.2) is 101 Å². The van der Waals surface area contributed by atoms with Gasteiger partial charge in [0.25, 0.3) is 5.91 Å². The van der Waals surface area contributed by atoms with E-state index in [0.29, 0.717) is 51.5 Å². The molecule has 1 spiro atoms. The van der Waals surface area contributed by atoms with Crippen LogP contribution in [0.5, 0.6) is 0 Å². The molecule has 0 aromatic rings. The fourth-order valence-electron chi connectivity index (χ4n) is 5.78. The van der Waals surface area contributed by atoms with Crippen LogP contribution in [0.3, 0.4) is 0 Å². The summed E-state index contributed by atoms with van der Waals surface area (Å²) < 4.78 is 0. The first kappa shape index (κ1) is 24.0. The van der Waals surface area contributed by atoms with Crippen molar-refractivity contribution in [2.45, 2.75) is 64.8 Å². The van der Waals surface area contributed by atoms with Crippen LogP contribution < -0.4 is 5.32 Å². The van der Waals surface area contributed by atoms with Crippen molar-refractivity contribution in [3.63, 3.8) is 0 Å². The molecule has 3 aliphatic heterocycles. The van der Waals surface area contributed by atoms with Crippen molar-refractivity contribution in [1.82, 2.24) is 24.9 Å². The molecule has 1 aliphatic carbocycles. The predicted molar refractivity (Wildman–Crippen MR) is 123 cm³/mol. The third-order valence-electron chi connectivity index (χ3n) is 8.15. The molecule has 3 heterocycles. The lowest BCUT2D eigenvalue weighted by molar-refractivity contribution is -0.141.